The van der Waals surface area contributed by atoms with E-state index < -0.39 is 4.92 Å². The Hall–Kier alpha value is -3.55. The van der Waals surface area contributed by atoms with E-state index in [9.17, 15) is 19.7 Å². The number of nitro benzene ring substituents is 1. The summed E-state index contributed by atoms with van der Waals surface area (Å²) in [5.41, 5.74) is 0.676. The average molecular weight is 391 g/mol. The quantitative estimate of drug-likeness (QED) is 0.261. The van der Waals surface area contributed by atoms with Crippen LogP contribution >= 0.6 is 0 Å². The van der Waals surface area contributed by atoms with E-state index in [2.05, 4.69) is 17.3 Å². The van der Waals surface area contributed by atoms with Gasteiger partial charge in [0.05, 0.1) is 23.0 Å². The SMILES string of the molecule is O=C1[C@H]2[C@H](C(=O)N1/N=C\c1ccc(-c3ccc([N+](=O)[O-])cc3)o1)[C@H]1C=C[C@H]2CC1. The summed E-state index contributed by atoms with van der Waals surface area (Å²) >= 11 is 0. The molecule has 6 rings (SSSR count). The van der Waals surface area contributed by atoms with Gasteiger partial charge in [0.2, 0.25) is 0 Å². The van der Waals surface area contributed by atoms with E-state index >= 15 is 0 Å². The number of nitrogens with zero attached hydrogens (tertiary/aromatic N) is 3. The number of amides is 2. The molecule has 0 N–H and O–H groups in total. The van der Waals surface area contributed by atoms with Gasteiger partial charge in [-0.15, -0.1) is 0 Å². The number of carbonyl (C=O) groups is 2. The standard InChI is InChI=1S/C21H17N3O5/c25-20-18-13-1-2-14(4-3-13)19(18)21(26)23(20)22-11-16-9-10-17(29-16)12-5-7-15(8-6-12)24(27)28/h1-2,5-11,13-14,18-19H,3-4H2/b22-11-/t13-,14-,18+,19+/m0/s1. The number of rotatable bonds is 4. The Morgan fingerprint density at radius 2 is 1.62 bits per heavy atom. The number of carbonyl (C=O) groups excluding carboxylic acids is 2. The van der Waals surface area contributed by atoms with Crippen molar-refractivity contribution in [3.05, 3.63) is 64.4 Å². The van der Waals surface area contributed by atoms with Gasteiger partial charge < -0.3 is 4.42 Å². The summed E-state index contributed by atoms with van der Waals surface area (Å²) in [6, 6.07) is 9.37. The lowest BCUT2D eigenvalue weighted by atomic mass is 9.63. The van der Waals surface area contributed by atoms with Crippen molar-refractivity contribution in [1.82, 2.24) is 5.01 Å². The molecule has 1 saturated carbocycles. The minimum absolute atomic E-state index is 0.00178. The van der Waals surface area contributed by atoms with Gasteiger partial charge in [-0.3, -0.25) is 19.7 Å². The van der Waals surface area contributed by atoms with Crippen LogP contribution in [-0.4, -0.2) is 28.0 Å². The third kappa shape index (κ3) is 2.79. The minimum atomic E-state index is -0.465. The van der Waals surface area contributed by atoms with Gasteiger partial charge in [0.1, 0.15) is 11.5 Å². The van der Waals surface area contributed by atoms with E-state index in [1.807, 2.05) is 0 Å². The van der Waals surface area contributed by atoms with Crippen LogP contribution < -0.4 is 0 Å². The maximum absolute atomic E-state index is 12.7. The molecule has 2 heterocycles. The first-order chi connectivity index (χ1) is 14.0. The minimum Gasteiger partial charge on any atom is -0.455 e. The van der Waals surface area contributed by atoms with Crippen molar-refractivity contribution in [1.29, 1.82) is 0 Å². The van der Waals surface area contributed by atoms with E-state index in [0.717, 1.165) is 17.9 Å². The number of nitro groups is 1. The Bertz CT molecular complexity index is 1040. The number of non-ortho nitro benzene ring substituents is 1. The van der Waals surface area contributed by atoms with E-state index in [4.69, 9.17) is 4.42 Å². The lowest BCUT2D eigenvalue weighted by Gasteiger charge is -2.37. The molecule has 2 fully saturated rings. The highest BCUT2D eigenvalue weighted by Crippen LogP contribution is 2.49. The van der Waals surface area contributed by atoms with E-state index in [-0.39, 0.29) is 41.2 Å². The Kier molecular flexibility index (Phi) is 3.94. The number of furan rings is 1. The molecule has 0 radical (unpaired) electrons. The topological polar surface area (TPSA) is 106 Å². The van der Waals surface area contributed by atoms with Crippen LogP contribution in [-0.2, 0) is 9.59 Å². The molecule has 2 aromatic rings. The molecule has 2 bridgehead atoms. The summed E-state index contributed by atoms with van der Waals surface area (Å²) in [6.45, 7) is 0. The molecular formula is C21H17N3O5. The molecule has 3 aliphatic carbocycles. The molecule has 1 aromatic heterocycles. The van der Waals surface area contributed by atoms with Crippen LogP contribution in [0.15, 0.2) is 58.1 Å². The van der Waals surface area contributed by atoms with Crippen molar-refractivity contribution in [2.24, 2.45) is 28.8 Å². The van der Waals surface area contributed by atoms with E-state index in [1.165, 1.54) is 18.3 Å². The molecule has 4 aliphatic rings. The van der Waals surface area contributed by atoms with E-state index in [1.54, 1.807) is 24.3 Å². The molecule has 0 unspecified atom stereocenters. The number of hydrazone groups is 1. The predicted octanol–water partition coefficient (Wildman–Crippen LogP) is 3.39. The fraction of sp³-hybridized carbons (Fsp3) is 0.286. The molecule has 2 amide bonds. The van der Waals surface area contributed by atoms with Crippen LogP contribution in [0.4, 0.5) is 5.69 Å². The molecule has 1 aromatic carbocycles. The third-order valence-electron chi connectivity index (χ3n) is 6.03. The highest BCUT2D eigenvalue weighted by molar-refractivity contribution is 6.06. The molecular weight excluding hydrogens is 374 g/mol. The molecule has 1 saturated heterocycles. The number of hydrogen-bond acceptors (Lipinski definition) is 6. The summed E-state index contributed by atoms with van der Waals surface area (Å²) in [5.74, 6) is 0.0745. The van der Waals surface area contributed by atoms with Crippen LogP contribution in [0.3, 0.4) is 0 Å². The number of benzene rings is 1. The summed E-state index contributed by atoms with van der Waals surface area (Å²) < 4.78 is 5.69. The van der Waals surface area contributed by atoms with Gasteiger partial charge in [-0.25, -0.2) is 0 Å². The number of imide groups is 1. The zero-order valence-corrected chi connectivity index (χ0v) is 15.3. The third-order valence-corrected chi connectivity index (χ3v) is 6.03. The van der Waals surface area contributed by atoms with Gasteiger partial charge >= 0.3 is 0 Å². The first-order valence-corrected chi connectivity index (χ1v) is 9.48. The molecule has 29 heavy (non-hydrogen) atoms. The van der Waals surface area contributed by atoms with Crippen molar-refractivity contribution >= 4 is 23.7 Å². The maximum Gasteiger partial charge on any atom is 0.269 e. The highest BCUT2D eigenvalue weighted by atomic mass is 16.6. The van der Waals surface area contributed by atoms with Crippen LogP contribution in [0.2, 0.25) is 0 Å². The second-order valence-corrected chi connectivity index (χ2v) is 7.58. The first kappa shape index (κ1) is 17.5. The van der Waals surface area contributed by atoms with Crippen molar-refractivity contribution in [2.75, 3.05) is 0 Å². The Balaban J connectivity index is 1.34. The summed E-state index contributed by atoms with van der Waals surface area (Å²) in [5, 5.41) is 15.9. The number of hydrogen-bond donors (Lipinski definition) is 0. The normalized spacial score (nSPS) is 27.8. The van der Waals surface area contributed by atoms with Crippen molar-refractivity contribution in [2.45, 2.75) is 12.8 Å². The summed E-state index contributed by atoms with van der Waals surface area (Å²) in [6.07, 6.45) is 7.37. The second-order valence-electron chi connectivity index (χ2n) is 7.58. The van der Waals surface area contributed by atoms with Crippen molar-refractivity contribution < 1.29 is 18.9 Å². The van der Waals surface area contributed by atoms with Crippen LogP contribution in [0, 0.1) is 33.8 Å². The van der Waals surface area contributed by atoms with Gasteiger partial charge in [0, 0.05) is 17.7 Å². The maximum atomic E-state index is 12.7. The molecule has 4 atom stereocenters. The van der Waals surface area contributed by atoms with Gasteiger partial charge in [0.15, 0.2) is 0 Å². The van der Waals surface area contributed by atoms with Crippen molar-refractivity contribution in [3.63, 3.8) is 0 Å². The highest BCUT2D eigenvalue weighted by Gasteiger charge is 2.56. The zero-order chi connectivity index (χ0) is 20.1. The lowest BCUT2D eigenvalue weighted by molar-refractivity contribution is -0.384. The van der Waals surface area contributed by atoms with Crippen LogP contribution in [0.25, 0.3) is 11.3 Å². The van der Waals surface area contributed by atoms with E-state index in [0.29, 0.717) is 17.1 Å². The van der Waals surface area contributed by atoms with Crippen LogP contribution in [0.5, 0.6) is 0 Å². The number of fused-ring (bicyclic) bond motifs is 1. The van der Waals surface area contributed by atoms with Gasteiger partial charge in [-0.1, -0.05) is 12.2 Å². The Morgan fingerprint density at radius 1 is 1.00 bits per heavy atom. The largest absolute Gasteiger partial charge is 0.455 e. The van der Waals surface area contributed by atoms with Crippen LogP contribution in [0.1, 0.15) is 18.6 Å². The summed E-state index contributed by atoms with van der Waals surface area (Å²) in [7, 11) is 0. The number of allylic oxidation sites excluding steroid dienone is 2. The monoisotopic (exact) mass is 391 g/mol. The Labute approximate surface area is 165 Å². The lowest BCUT2D eigenvalue weighted by Crippen LogP contribution is -2.38. The van der Waals surface area contributed by atoms with Gasteiger partial charge in [-0.2, -0.15) is 10.1 Å². The van der Waals surface area contributed by atoms with Gasteiger partial charge in [-0.05, 0) is 48.9 Å². The summed E-state index contributed by atoms with van der Waals surface area (Å²) in [4.78, 5) is 35.8. The fourth-order valence-corrected chi connectivity index (χ4v) is 4.61. The Morgan fingerprint density at radius 3 is 2.17 bits per heavy atom. The first-order valence-electron chi connectivity index (χ1n) is 9.48. The predicted molar refractivity (Wildman–Crippen MR) is 103 cm³/mol. The molecule has 1 aliphatic heterocycles. The average Bonchev–Trinajstić information content (AvgIpc) is 3.32. The molecule has 8 heteroatoms. The second kappa shape index (κ2) is 6.51. The molecule has 146 valence electrons. The molecule has 0 spiro atoms. The molecule has 8 nitrogen and oxygen atoms in total. The smallest absolute Gasteiger partial charge is 0.269 e. The van der Waals surface area contributed by atoms with Gasteiger partial charge in [0.25, 0.3) is 17.5 Å². The fourth-order valence-electron chi connectivity index (χ4n) is 4.61. The zero-order valence-electron chi connectivity index (χ0n) is 15.3. The van der Waals surface area contributed by atoms with Crippen molar-refractivity contribution in [3.8, 4) is 11.3 Å².